The maximum Gasteiger partial charge on any atom is 0.339 e. The van der Waals surface area contributed by atoms with Gasteiger partial charge in [0.25, 0.3) is 0 Å². The Balaban J connectivity index is 2.58. The van der Waals surface area contributed by atoms with Gasteiger partial charge in [0, 0.05) is 11.4 Å². The van der Waals surface area contributed by atoms with Crippen molar-refractivity contribution < 1.29 is 34.6 Å². The largest absolute Gasteiger partial charge is 0.372 e. The SMILES string of the molecule is Cc1cc(S(=O)(=O)Oc2c(F)c(F)c(F)c(F)c2F)cc(C)n1. The minimum Gasteiger partial charge on any atom is -0.372 e. The van der Waals surface area contributed by atoms with E-state index < -0.39 is 49.8 Å². The van der Waals surface area contributed by atoms with Crippen LogP contribution < -0.4 is 4.18 Å². The Bertz CT molecular complexity index is 850. The molecule has 0 saturated carbocycles. The van der Waals surface area contributed by atoms with E-state index in [1.807, 2.05) is 0 Å². The molecule has 0 radical (unpaired) electrons. The van der Waals surface area contributed by atoms with E-state index in [2.05, 4.69) is 9.17 Å². The molecule has 0 aliphatic heterocycles. The zero-order valence-corrected chi connectivity index (χ0v) is 12.4. The number of aryl methyl sites for hydroxylation is 2. The Morgan fingerprint density at radius 2 is 1.22 bits per heavy atom. The molecular formula is C13H8F5NO3S. The van der Waals surface area contributed by atoms with E-state index in [0.717, 1.165) is 12.1 Å². The van der Waals surface area contributed by atoms with Crippen LogP contribution in [0, 0.1) is 42.9 Å². The highest BCUT2D eigenvalue weighted by molar-refractivity contribution is 7.87. The first-order valence-corrected chi connectivity index (χ1v) is 7.36. The van der Waals surface area contributed by atoms with E-state index in [0.29, 0.717) is 0 Å². The highest BCUT2D eigenvalue weighted by atomic mass is 32.2. The van der Waals surface area contributed by atoms with Crippen LogP contribution in [0.4, 0.5) is 22.0 Å². The van der Waals surface area contributed by atoms with Gasteiger partial charge in [-0.05, 0) is 26.0 Å². The summed E-state index contributed by atoms with van der Waals surface area (Å²) >= 11 is 0. The van der Waals surface area contributed by atoms with Gasteiger partial charge in [0.1, 0.15) is 4.90 Å². The first-order valence-electron chi connectivity index (χ1n) is 5.96. The van der Waals surface area contributed by atoms with Crippen LogP contribution in [0.3, 0.4) is 0 Å². The average molecular weight is 353 g/mol. The predicted molar refractivity (Wildman–Crippen MR) is 67.8 cm³/mol. The summed E-state index contributed by atoms with van der Waals surface area (Å²) in [5.74, 6) is -13.7. The van der Waals surface area contributed by atoms with Crippen molar-refractivity contribution in [3.8, 4) is 5.75 Å². The molecule has 2 aromatic rings. The van der Waals surface area contributed by atoms with Gasteiger partial charge in [-0.25, -0.2) is 13.2 Å². The van der Waals surface area contributed by atoms with Gasteiger partial charge in [0.2, 0.25) is 34.8 Å². The molecule has 1 aromatic heterocycles. The van der Waals surface area contributed by atoms with Gasteiger partial charge in [-0.15, -0.1) is 0 Å². The summed E-state index contributed by atoms with van der Waals surface area (Å²) in [5.41, 5.74) is 0.508. The Morgan fingerprint density at radius 3 is 1.65 bits per heavy atom. The van der Waals surface area contributed by atoms with Crippen LogP contribution in [0.25, 0.3) is 0 Å². The maximum absolute atomic E-state index is 13.5. The summed E-state index contributed by atoms with van der Waals surface area (Å²) in [6.45, 7) is 2.90. The number of nitrogens with zero attached hydrogens (tertiary/aromatic N) is 1. The zero-order valence-electron chi connectivity index (χ0n) is 11.6. The lowest BCUT2D eigenvalue weighted by atomic mass is 10.3. The van der Waals surface area contributed by atoms with Gasteiger partial charge in [-0.1, -0.05) is 0 Å². The molecule has 0 atom stereocenters. The third-order valence-electron chi connectivity index (χ3n) is 2.71. The second-order valence-electron chi connectivity index (χ2n) is 4.52. The number of rotatable bonds is 3. The smallest absolute Gasteiger partial charge is 0.339 e. The van der Waals surface area contributed by atoms with Crippen molar-refractivity contribution in [3.05, 3.63) is 52.6 Å². The highest BCUT2D eigenvalue weighted by Gasteiger charge is 2.31. The number of aromatic nitrogens is 1. The van der Waals surface area contributed by atoms with E-state index >= 15 is 0 Å². The van der Waals surface area contributed by atoms with Crippen LogP contribution in [0.15, 0.2) is 17.0 Å². The molecule has 0 unspecified atom stereocenters. The molecule has 0 aliphatic carbocycles. The fourth-order valence-electron chi connectivity index (χ4n) is 1.76. The minimum atomic E-state index is -4.83. The molecule has 0 amide bonds. The zero-order chi connectivity index (χ0) is 17.5. The first kappa shape index (κ1) is 17.1. The molecule has 1 aromatic carbocycles. The fraction of sp³-hybridized carbons (Fsp3) is 0.154. The summed E-state index contributed by atoms with van der Waals surface area (Å²) in [5, 5.41) is 0. The van der Waals surface area contributed by atoms with Gasteiger partial charge in [0.05, 0.1) is 0 Å². The van der Waals surface area contributed by atoms with E-state index in [1.54, 1.807) is 0 Å². The first-order chi connectivity index (χ1) is 10.5. The quantitative estimate of drug-likeness (QED) is 0.368. The second kappa shape index (κ2) is 5.76. The lowest BCUT2D eigenvalue weighted by molar-refractivity contribution is 0.346. The molecule has 0 aliphatic rings. The van der Waals surface area contributed by atoms with Crippen LogP contribution in [-0.2, 0) is 10.1 Å². The predicted octanol–water partition coefficient (Wildman–Crippen LogP) is 3.16. The molecule has 10 heteroatoms. The highest BCUT2D eigenvalue weighted by Crippen LogP contribution is 2.31. The second-order valence-corrected chi connectivity index (χ2v) is 6.07. The molecule has 0 N–H and O–H groups in total. The Morgan fingerprint density at radius 1 is 0.826 bits per heavy atom. The van der Waals surface area contributed by atoms with Gasteiger partial charge in [-0.3, -0.25) is 4.98 Å². The topological polar surface area (TPSA) is 56.3 Å². The molecule has 0 saturated heterocycles. The molecule has 124 valence electrons. The number of pyridine rings is 1. The average Bonchev–Trinajstić information content (AvgIpc) is 2.47. The van der Waals surface area contributed by atoms with Crippen molar-refractivity contribution in [2.75, 3.05) is 0 Å². The lowest BCUT2D eigenvalue weighted by Crippen LogP contribution is -2.15. The standard InChI is InChI=1S/C13H8F5NO3S/c1-5-3-7(4-6(2)19-5)23(20,21)22-13-11(17)9(15)8(14)10(16)12(13)18/h3-4H,1-2H3. The molecule has 0 bridgehead atoms. The number of halogens is 5. The number of hydrogen-bond donors (Lipinski definition) is 0. The van der Waals surface area contributed by atoms with Gasteiger partial charge in [-0.2, -0.15) is 17.2 Å². The van der Waals surface area contributed by atoms with Crippen LogP contribution in [-0.4, -0.2) is 13.4 Å². The Labute approximate surface area is 127 Å². The lowest BCUT2D eigenvalue weighted by Gasteiger charge is -2.11. The van der Waals surface area contributed by atoms with Crippen molar-refractivity contribution in [2.24, 2.45) is 0 Å². The Kier molecular flexibility index (Phi) is 4.29. The van der Waals surface area contributed by atoms with Gasteiger partial charge >= 0.3 is 10.1 Å². The summed E-state index contributed by atoms with van der Waals surface area (Å²) in [6, 6.07) is 2.04. The van der Waals surface area contributed by atoms with Crippen LogP contribution in [0.2, 0.25) is 0 Å². The third-order valence-corrected chi connectivity index (χ3v) is 3.91. The molecule has 0 fully saturated rings. The van der Waals surface area contributed by atoms with E-state index in [-0.39, 0.29) is 11.4 Å². The van der Waals surface area contributed by atoms with Crippen LogP contribution in [0.5, 0.6) is 5.75 Å². The molecule has 0 spiro atoms. The summed E-state index contributed by atoms with van der Waals surface area (Å²) < 4.78 is 94.1. The van der Waals surface area contributed by atoms with E-state index in [9.17, 15) is 30.4 Å². The van der Waals surface area contributed by atoms with Gasteiger partial charge in [0.15, 0.2) is 0 Å². The van der Waals surface area contributed by atoms with Crippen molar-refractivity contribution in [2.45, 2.75) is 18.7 Å². The molecular weight excluding hydrogens is 345 g/mol. The monoisotopic (exact) mass is 353 g/mol. The number of benzene rings is 1. The van der Waals surface area contributed by atoms with Gasteiger partial charge < -0.3 is 4.18 Å². The summed E-state index contributed by atoms with van der Waals surface area (Å²) in [7, 11) is -4.83. The van der Waals surface area contributed by atoms with E-state index in [4.69, 9.17) is 0 Å². The normalized spacial score (nSPS) is 11.6. The fourth-order valence-corrected chi connectivity index (χ4v) is 2.85. The van der Waals surface area contributed by atoms with Crippen molar-refractivity contribution in [1.82, 2.24) is 4.98 Å². The molecule has 4 nitrogen and oxygen atoms in total. The van der Waals surface area contributed by atoms with Crippen LogP contribution in [0.1, 0.15) is 11.4 Å². The van der Waals surface area contributed by atoms with Crippen molar-refractivity contribution in [3.63, 3.8) is 0 Å². The number of hydrogen-bond acceptors (Lipinski definition) is 4. The summed E-state index contributed by atoms with van der Waals surface area (Å²) in [6.07, 6.45) is 0. The minimum absolute atomic E-state index is 0.254. The maximum atomic E-state index is 13.5. The summed E-state index contributed by atoms with van der Waals surface area (Å²) in [4.78, 5) is 3.36. The van der Waals surface area contributed by atoms with E-state index in [1.165, 1.54) is 13.8 Å². The molecule has 2 rings (SSSR count). The van der Waals surface area contributed by atoms with Crippen molar-refractivity contribution in [1.29, 1.82) is 0 Å². The molecule has 1 heterocycles. The van der Waals surface area contributed by atoms with Crippen molar-refractivity contribution >= 4 is 10.1 Å². The third kappa shape index (κ3) is 3.11. The van der Waals surface area contributed by atoms with Crippen LogP contribution >= 0.6 is 0 Å². The molecule has 23 heavy (non-hydrogen) atoms. The Hall–Kier alpha value is -2.23.